The lowest BCUT2D eigenvalue weighted by Gasteiger charge is -2.38. The number of ether oxygens (including phenoxy) is 1. The molecule has 3 amide bonds. The SMILES string of the molecule is Cc1ccc(NC(=O)[C@@H]2[C@@H]3C=C[C@]4(O3)[C@@H]2C(=O)N(C2CC2)[C@H]4C(=O)N[C@@H]2CCC[C@@H](C)[C@@H]2C)cc1C. The summed E-state index contributed by atoms with van der Waals surface area (Å²) in [7, 11) is 0. The summed E-state index contributed by atoms with van der Waals surface area (Å²) in [4.78, 5) is 43.1. The molecular formula is C29H37N3O4. The van der Waals surface area contributed by atoms with E-state index in [4.69, 9.17) is 4.74 Å². The van der Waals surface area contributed by atoms with Gasteiger partial charge >= 0.3 is 0 Å². The van der Waals surface area contributed by atoms with Crippen LogP contribution in [0.5, 0.6) is 0 Å². The maximum atomic E-state index is 13.9. The van der Waals surface area contributed by atoms with Gasteiger partial charge in [-0.05, 0) is 68.2 Å². The monoisotopic (exact) mass is 491 g/mol. The zero-order valence-electron chi connectivity index (χ0n) is 21.6. The topological polar surface area (TPSA) is 87.7 Å². The third kappa shape index (κ3) is 3.53. The number of fused-ring (bicyclic) bond motifs is 1. The maximum Gasteiger partial charge on any atom is 0.246 e. The predicted octanol–water partition coefficient (Wildman–Crippen LogP) is 3.50. The Kier molecular flexibility index (Phi) is 5.56. The molecule has 2 aliphatic carbocycles. The van der Waals surface area contributed by atoms with Crippen molar-refractivity contribution in [3.63, 3.8) is 0 Å². The summed E-state index contributed by atoms with van der Waals surface area (Å²) in [5.74, 6) is -0.875. The predicted molar refractivity (Wildman–Crippen MR) is 136 cm³/mol. The van der Waals surface area contributed by atoms with Crippen LogP contribution in [-0.2, 0) is 19.1 Å². The van der Waals surface area contributed by atoms with Gasteiger partial charge in [-0.25, -0.2) is 0 Å². The van der Waals surface area contributed by atoms with Gasteiger partial charge in [0.15, 0.2) is 0 Å². The average molecular weight is 492 g/mol. The zero-order chi connectivity index (χ0) is 25.4. The molecule has 8 atom stereocenters. The smallest absolute Gasteiger partial charge is 0.246 e. The van der Waals surface area contributed by atoms with Crippen molar-refractivity contribution in [1.82, 2.24) is 10.2 Å². The lowest BCUT2D eigenvalue weighted by Crippen LogP contribution is -2.58. The summed E-state index contributed by atoms with van der Waals surface area (Å²) in [5, 5.41) is 6.34. The molecule has 5 aliphatic rings. The molecule has 4 fully saturated rings. The first-order chi connectivity index (χ1) is 17.2. The van der Waals surface area contributed by atoms with E-state index in [1.165, 1.54) is 6.42 Å². The number of carbonyl (C=O) groups is 3. The minimum absolute atomic E-state index is 0.0513. The third-order valence-electron chi connectivity index (χ3n) is 9.61. The fourth-order valence-electron chi connectivity index (χ4n) is 7.04. The van der Waals surface area contributed by atoms with Crippen LogP contribution in [-0.4, -0.2) is 52.5 Å². The third-order valence-corrected chi connectivity index (χ3v) is 9.61. The average Bonchev–Trinajstić information content (AvgIpc) is 3.43. The molecule has 3 aliphatic heterocycles. The molecule has 2 N–H and O–H groups in total. The fraction of sp³-hybridized carbons (Fsp3) is 0.621. The van der Waals surface area contributed by atoms with Crippen molar-refractivity contribution in [2.45, 2.75) is 89.6 Å². The number of aryl methyl sites for hydroxylation is 2. The number of nitrogens with zero attached hydrogens (tertiary/aromatic N) is 1. The van der Waals surface area contributed by atoms with Gasteiger partial charge in [0.25, 0.3) is 0 Å². The number of nitrogens with one attached hydrogen (secondary N) is 2. The van der Waals surface area contributed by atoms with Crippen LogP contribution in [0.15, 0.2) is 30.4 Å². The fourth-order valence-corrected chi connectivity index (χ4v) is 7.04. The van der Waals surface area contributed by atoms with Crippen molar-refractivity contribution >= 4 is 23.4 Å². The first-order valence-electron chi connectivity index (χ1n) is 13.6. The minimum atomic E-state index is -1.08. The lowest BCUT2D eigenvalue weighted by atomic mass is 9.73. The Bertz CT molecular complexity index is 1140. The highest BCUT2D eigenvalue weighted by molar-refractivity contribution is 6.03. The van der Waals surface area contributed by atoms with Crippen LogP contribution in [0, 0.1) is 37.5 Å². The highest BCUT2D eigenvalue weighted by Gasteiger charge is 2.74. The minimum Gasteiger partial charge on any atom is -0.359 e. The number of hydrogen-bond donors (Lipinski definition) is 2. The molecule has 6 rings (SSSR count). The first kappa shape index (κ1) is 23.7. The van der Waals surface area contributed by atoms with Crippen LogP contribution in [0.3, 0.4) is 0 Å². The second-order valence-corrected chi connectivity index (χ2v) is 11.8. The molecule has 36 heavy (non-hydrogen) atoms. The van der Waals surface area contributed by atoms with E-state index in [1.54, 1.807) is 4.90 Å². The summed E-state index contributed by atoms with van der Waals surface area (Å²) in [6, 6.07) is 5.23. The van der Waals surface area contributed by atoms with Crippen LogP contribution in [0.2, 0.25) is 0 Å². The van der Waals surface area contributed by atoms with Crippen LogP contribution in [0.1, 0.15) is 57.1 Å². The Morgan fingerprint density at radius 2 is 1.83 bits per heavy atom. The number of likely N-dealkylation sites (tertiary alicyclic amines) is 1. The van der Waals surface area contributed by atoms with Crippen molar-refractivity contribution in [3.05, 3.63) is 41.5 Å². The van der Waals surface area contributed by atoms with Gasteiger partial charge in [0.2, 0.25) is 17.7 Å². The number of carbonyl (C=O) groups excluding carboxylic acids is 3. The van der Waals surface area contributed by atoms with Gasteiger partial charge in [0.1, 0.15) is 11.6 Å². The van der Waals surface area contributed by atoms with Crippen molar-refractivity contribution in [2.75, 3.05) is 5.32 Å². The number of amides is 3. The van der Waals surface area contributed by atoms with Gasteiger partial charge in [0.05, 0.1) is 17.9 Å². The molecule has 1 aromatic carbocycles. The molecule has 0 radical (unpaired) electrons. The van der Waals surface area contributed by atoms with Gasteiger partial charge in [-0.2, -0.15) is 0 Å². The molecule has 2 saturated heterocycles. The Morgan fingerprint density at radius 1 is 1.06 bits per heavy atom. The highest BCUT2D eigenvalue weighted by Crippen LogP contribution is 2.57. The normalized spacial score (nSPS) is 38.8. The van der Waals surface area contributed by atoms with E-state index in [9.17, 15) is 14.4 Å². The van der Waals surface area contributed by atoms with E-state index >= 15 is 0 Å². The van der Waals surface area contributed by atoms with E-state index in [0.29, 0.717) is 17.5 Å². The van der Waals surface area contributed by atoms with Crippen LogP contribution >= 0.6 is 0 Å². The molecule has 1 aromatic rings. The molecule has 7 nitrogen and oxygen atoms in total. The zero-order valence-corrected chi connectivity index (χ0v) is 21.6. The van der Waals surface area contributed by atoms with Gasteiger partial charge in [-0.15, -0.1) is 0 Å². The molecule has 0 unspecified atom stereocenters. The van der Waals surface area contributed by atoms with Crippen molar-refractivity contribution in [3.8, 4) is 0 Å². The molecular weight excluding hydrogens is 454 g/mol. The highest BCUT2D eigenvalue weighted by atomic mass is 16.5. The first-order valence-corrected chi connectivity index (χ1v) is 13.6. The van der Waals surface area contributed by atoms with Crippen LogP contribution in [0.25, 0.3) is 0 Å². The summed E-state index contributed by atoms with van der Waals surface area (Å²) >= 11 is 0. The van der Waals surface area contributed by atoms with Crippen LogP contribution in [0.4, 0.5) is 5.69 Å². The lowest BCUT2D eigenvalue weighted by molar-refractivity contribution is -0.142. The van der Waals surface area contributed by atoms with E-state index in [1.807, 2.05) is 44.2 Å². The van der Waals surface area contributed by atoms with Gasteiger partial charge in [0, 0.05) is 17.8 Å². The molecule has 1 spiro atoms. The Morgan fingerprint density at radius 3 is 2.56 bits per heavy atom. The molecule has 3 heterocycles. The van der Waals surface area contributed by atoms with Crippen LogP contribution < -0.4 is 10.6 Å². The Labute approximate surface area is 213 Å². The quantitative estimate of drug-likeness (QED) is 0.618. The summed E-state index contributed by atoms with van der Waals surface area (Å²) in [6.45, 7) is 8.49. The summed E-state index contributed by atoms with van der Waals surface area (Å²) in [6.07, 6.45) is 8.30. The number of hydrogen-bond acceptors (Lipinski definition) is 4. The second-order valence-electron chi connectivity index (χ2n) is 11.8. The van der Waals surface area contributed by atoms with E-state index in [-0.39, 0.29) is 29.8 Å². The number of anilines is 1. The second kappa shape index (κ2) is 8.44. The van der Waals surface area contributed by atoms with E-state index in [0.717, 1.165) is 36.8 Å². The molecule has 0 aromatic heterocycles. The molecule has 2 bridgehead atoms. The van der Waals surface area contributed by atoms with Gasteiger partial charge in [-0.1, -0.05) is 44.9 Å². The molecule has 7 heteroatoms. The molecule has 2 saturated carbocycles. The summed E-state index contributed by atoms with van der Waals surface area (Å²) in [5.41, 5.74) is 1.87. The van der Waals surface area contributed by atoms with E-state index < -0.39 is 29.6 Å². The van der Waals surface area contributed by atoms with Crippen molar-refractivity contribution in [1.29, 1.82) is 0 Å². The van der Waals surface area contributed by atoms with Gasteiger partial charge < -0.3 is 20.3 Å². The van der Waals surface area contributed by atoms with Gasteiger partial charge in [-0.3, -0.25) is 14.4 Å². The molecule has 192 valence electrons. The Hall–Kier alpha value is -2.67. The maximum absolute atomic E-state index is 13.9. The number of benzene rings is 1. The number of rotatable bonds is 5. The Balaban J connectivity index is 1.28. The van der Waals surface area contributed by atoms with Crippen molar-refractivity contribution < 1.29 is 19.1 Å². The standard InChI is InChI=1S/C29H37N3O4/c1-15-8-9-19(14-17(15)3)30-26(33)23-22-12-13-29(36-22)24(23)28(35)32(20-10-11-20)25(29)27(34)31-21-7-5-6-16(2)18(21)4/h8-9,12-14,16,18,20-25H,5-7,10-11H2,1-4H3,(H,30,33)(H,31,34)/t16-,18+,21-,22+,23-,24+,25+,29+/m1/s1. The summed E-state index contributed by atoms with van der Waals surface area (Å²) < 4.78 is 6.45. The van der Waals surface area contributed by atoms with Crippen molar-refractivity contribution in [2.24, 2.45) is 23.7 Å². The van der Waals surface area contributed by atoms with E-state index in [2.05, 4.69) is 24.5 Å². The largest absolute Gasteiger partial charge is 0.359 e.